The summed E-state index contributed by atoms with van der Waals surface area (Å²) in [6.45, 7) is 0.449. The molecule has 7 nitrogen and oxygen atoms in total. The molecule has 0 saturated heterocycles. The molecule has 0 unspecified atom stereocenters. The van der Waals surface area contributed by atoms with Crippen LogP contribution in [0.15, 0.2) is 91.3 Å². The van der Waals surface area contributed by atoms with E-state index in [1.807, 2.05) is 66.7 Å². The highest BCUT2D eigenvalue weighted by atomic mass is 32.2. The van der Waals surface area contributed by atoms with Gasteiger partial charge in [-0.1, -0.05) is 54.6 Å². The number of primary sulfonamides is 1. The van der Waals surface area contributed by atoms with Crippen molar-refractivity contribution in [3.8, 4) is 17.0 Å². The normalized spacial score (nSPS) is 11.2. The molecule has 3 N–H and O–H groups in total. The number of nitrogens with zero attached hydrogens (tertiary/aromatic N) is 2. The third-order valence-electron chi connectivity index (χ3n) is 4.63. The van der Waals surface area contributed by atoms with Gasteiger partial charge in [0.05, 0.1) is 11.4 Å². The van der Waals surface area contributed by atoms with Crippen LogP contribution in [-0.2, 0) is 22.4 Å². The van der Waals surface area contributed by atoms with Gasteiger partial charge in [0.15, 0.2) is 0 Å². The summed E-state index contributed by atoms with van der Waals surface area (Å²) in [7, 11) is -3.61. The summed E-state index contributed by atoms with van der Waals surface area (Å²) < 4.78 is 28.8. The first-order valence-corrected chi connectivity index (χ1v) is 11.6. The number of ether oxygens (including phenoxy) is 1. The van der Waals surface area contributed by atoms with E-state index in [0.717, 1.165) is 16.9 Å². The highest BCUT2D eigenvalue weighted by Gasteiger charge is 2.10. The van der Waals surface area contributed by atoms with Crippen LogP contribution in [0.1, 0.15) is 11.1 Å². The fourth-order valence-electron chi connectivity index (χ4n) is 3.23. The smallest absolute Gasteiger partial charge is 0.213 e. The molecule has 3 aromatic carbocycles. The third-order valence-corrected chi connectivity index (χ3v) is 5.37. The minimum Gasteiger partial charge on any atom is -0.488 e. The quantitative estimate of drug-likeness (QED) is 0.419. The zero-order chi connectivity index (χ0) is 22.4. The number of sulfonamides is 1. The van der Waals surface area contributed by atoms with E-state index in [2.05, 4.69) is 15.3 Å². The number of benzene rings is 3. The van der Waals surface area contributed by atoms with Crippen LogP contribution in [0, 0.1) is 0 Å². The third kappa shape index (κ3) is 5.90. The Bertz CT molecular complexity index is 1310. The fourth-order valence-corrected chi connectivity index (χ4v) is 3.88. The van der Waals surface area contributed by atoms with Crippen molar-refractivity contribution >= 4 is 21.5 Å². The summed E-state index contributed by atoms with van der Waals surface area (Å²) in [5.41, 5.74) is 3.91. The van der Waals surface area contributed by atoms with Crippen molar-refractivity contribution in [3.05, 3.63) is 102 Å². The number of para-hydroxylation sites is 1. The van der Waals surface area contributed by atoms with Gasteiger partial charge in [-0.05, 0) is 35.4 Å². The van der Waals surface area contributed by atoms with Crippen molar-refractivity contribution in [2.24, 2.45) is 5.14 Å². The van der Waals surface area contributed by atoms with Crippen LogP contribution in [0.5, 0.6) is 5.75 Å². The molecule has 8 heteroatoms. The standard InChI is InChI=1S/C24H22N4O3S/c25-32(29,30)16-19-9-6-10-20(13-19)28-24-14-22(26-17-27-24)21-11-4-5-12-23(21)31-15-18-7-2-1-3-8-18/h1-14,17H,15-16H2,(H2,25,29,30)(H,26,27,28). The number of hydrogen-bond acceptors (Lipinski definition) is 6. The molecule has 0 aliphatic rings. The predicted octanol–water partition coefficient (Wildman–Crippen LogP) is 4.25. The molecule has 0 spiro atoms. The highest BCUT2D eigenvalue weighted by Crippen LogP contribution is 2.30. The van der Waals surface area contributed by atoms with Crippen LogP contribution in [0.4, 0.5) is 11.5 Å². The van der Waals surface area contributed by atoms with Crippen LogP contribution < -0.4 is 15.2 Å². The molecule has 162 valence electrons. The van der Waals surface area contributed by atoms with Gasteiger partial charge in [-0.25, -0.2) is 23.5 Å². The first-order chi connectivity index (χ1) is 15.5. The molecule has 0 bridgehead atoms. The lowest BCUT2D eigenvalue weighted by Crippen LogP contribution is -2.14. The van der Waals surface area contributed by atoms with Gasteiger partial charge in [0, 0.05) is 17.3 Å². The van der Waals surface area contributed by atoms with Gasteiger partial charge < -0.3 is 10.1 Å². The van der Waals surface area contributed by atoms with E-state index in [-0.39, 0.29) is 5.75 Å². The molecule has 0 aliphatic carbocycles. The van der Waals surface area contributed by atoms with Crippen molar-refractivity contribution in [3.63, 3.8) is 0 Å². The maximum Gasteiger partial charge on any atom is 0.213 e. The SMILES string of the molecule is NS(=O)(=O)Cc1cccc(Nc2cc(-c3ccccc3OCc3ccccc3)ncn2)c1. The minimum atomic E-state index is -3.61. The minimum absolute atomic E-state index is 0.232. The molecule has 0 aliphatic heterocycles. The molecule has 4 aromatic rings. The number of anilines is 2. The Hall–Kier alpha value is -3.75. The molecule has 1 heterocycles. The van der Waals surface area contributed by atoms with Crippen LogP contribution in [0.3, 0.4) is 0 Å². The summed E-state index contributed by atoms with van der Waals surface area (Å²) in [5, 5.41) is 8.34. The Morgan fingerprint density at radius 3 is 2.41 bits per heavy atom. The summed E-state index contributed by atoms with van der Waals surface area (Å²) in [5.74, 6) is 1.06. The molecule has 0 atom stereocenters. The largest absolute Gasteiger partial charge is 0.488 e. The monoisotopic (exact) mass is 446 g/mol. The zero-order valence-corrected chi connectivity index (χ0v) is 18.0. The van der Waals surface area contributed by atoms with Crippen molar-refractivity contribution in [2.45, 2.75) is 12.4 Å². The lowest BCUT2D eigenvalue weighted by Gasteiger charge is -2.12. The Kier molecular flexibility index (Phi) is 6.44. The van der Waals surface area contributed by atoms with E-state index in [1.54, 1.807) is 18.2 Å². The van der Waals surface area contributed by atoms with Crippen LogP contribution in [0.2, 0.25) is 0 Å². The maximum absolute atomic E-state index is 11.4. The van der Waals surface area contributed by atoms with E-state index >= 15 is 0 Å². The molecule has 4 rings (SSSR count). The van der Waals surface area contributed by atoms with Gasteiger partial charge in [-0.15, -0.1) is 0 Å². The van der Waals surface area contributed by atoms with Crippen LogP contribution >= 0.6 is 0 Å². The first-order valence-electron chi connectivity index (χ1n) is 9.91. The molecule has 32 heavy (non-hydrogen) atoms. The molecular weight excluding hydrogens is 424 g/mol. The first kappa shape index (κ1) is 21.5. The number of nitrogens with two attached hydrogens (primary N) is 1. The second kappa shape index (κ2) is 9.59. The fraction of sp³-hybridized carbons (Fsp3) is 0.0833. The van der Waals surface area contributed by atoms with Crippen molar-refractivity contribution in [1.29, 1.82) is 0 Å². The maximum atomic E-state index is 11.4. The van der Waals surface area contributed by atoms with E-state index in [1.165, 1.54) is 6.33 Å². The average molecular weight is 447 g/mol. The lowest BCUT2D eigenvalue weighted by molar-refractivity contribution is 0.307. The van der Waals surface area contributed by atoms with Gasteiger partial charge in [-0.2, -0.15) is 0 Å². The van der Waals surface area contributed by atoms with E-state index in [0.29, 0.717) is 29.4 Å². The Morgan fingerprint density at radius 1 is 0.844 bits per heavy atom. The summed E-state index contributed by atoms with van der Waals surface area (Å²) in [6.07, 6.45) is 1.47. The van der Waals surface area contributed by atoms with E-state index < -0.39 is 10.0 Å². The highest BCUT2D eigenvalue weighted by molar-refractivity contribution is 7.88. The van der Waals surface area contributed by atoms with Gasteiger partial charge in [-0.3, -0.25) is 0 Å². The van der Waals surface area contributed by atoms with Crippen LogP contribution in [0.25, 0.3) is 11.3 Å². The van der Waals surface area contributed by atoms with Gasteiger partial charge in [0.1, 0.15) is 24.5 Å². The van der Waals surface area contributed by atoms with Crippen LogP contribution in [-0.4, -0.2) is 18.4 Å². The molecule has 0 amide bonds. The Labute approximate surface area is 187 Å². The Balaban J connectivity index is 1.54. The number of aromatic nitrogens is 2. The summed E-state index contributed by atoms with van der Waals surface area (Å²) in [6, 6.07) is 26.5. The van der Waals surface area contributed by atoms with E-state index in [4.69, 9.17) is 9.88 Å². The van der Waals surface area contributed by atoms with Crippen molar-refractivity contribution in [2.75, 3.05) is 5.32 Å². The topological polar surface area (TPSA) is 107 Å². The Morgan fingerprint density at radius 2 is 1.59 bits per heavy atom. The number of nitrogens with one attached hydrogen (secondary N) is 1. The van der Waals surface area contributed by atoms with Crippen molar-refractivity contribution < 1.29 is 13.2 Å². The predicted molar refractivity (Wildman–Crippen MR) is 125 cm³/mol. The number of rotatable bonds is 8. The number of hydrogen-bond donors (Lipinski definition) is 2. The van der Waals surface area contributed by atoms with Gasteiger partial charge in [0.25, 0.3) is 0 Å². The second-order valence-electron chi connectivity index (χ2n) is 7.19. The molecule has 0 fully saturated rings. The van der Waals surface area contributed by atoms with Gasteiger partial charge >= 0.3 is 0 Å². The molecule has 1 aromatic heterocycles. The zero-order valence-electron chi connectivity index (χ0n) is 17.2. The van der Waals surface area contributed by atoms with E-state index in [9.17, 15) is 8.42 Å². The summed E-state index contributed by atoms with van der Waals surface area (Å²) >= 11 is 0. The molecular formula is C24H22N4O3S. The molecule has 0 saturated carbocycles. The average Bonchev–Trinajstić information content (AvgIpc) is 2.78. The molecule has 0 radical (unpaired) electrons. The van der Waals surface area contributed by atoms with Gasteiger partial charge in [0.2, 0.25) is 10.0 Å². The van der Waals surface area contributed by atoms with Crippen molar-refractivity contribution in [1.82, 2.24) is 9.97 Å². The summed E-state index contributed by atoms with van der Waals surface area (Å²) in [4.78, 5) is 8.69. The second-order valence-corrected chi connectivity index (χ2v) is 8.81. The lowest BCUT2D eigenvalue weighted by atomic mass is 10.1.